The van der Waals surface area contributed by atoms with Crippen LogP contribution in [0.15, 0.2) is 0 Å². The van der Waals surface area contributed by atoms with Gasteiger partial charge in [0.05, 0.1) is 12.7 Å². The lowest BCUT2D eigenvalue weighted by atomic mass is 10.3. The Labute approximate surface area is 81.7 Å². The van der Waals surface area contributed by atoms with Gasteiger partial charge >= 0.3 is 0 Å². The highest BCUT2D eigenvalue weighted by molar-refractivity contribution is 4.74. The minimum absolute atomic E-state index is 0.536. The van der Waals surface area contributed by atoms with Crippen LogP contribution >= 0.6 is 0 Å². The summed E-state index contributed by atoms with van der Waals surface area (Å²) in [4.78, 5) is 4.73. The van der Waals surface area contributed by atoms with Crippen LogP contribution in [0.3, 0.4) is 0 Å². The standard InChI is InChI=1S/C10H22N2O/c1-4-5-12(7-6-11(2)3)8-10-9-13-10/h10H,4-9H2,1-3H3. The monoisotopic (exact) mass is 186 g/mol. The second-order valence-corrected chi connectivity index (χ2v) is 4.06. The maximum absolute atomic E-state index is 5.24. The highest BCUT2D eigenvalue weighted by Gasteiger charge is 2.24. The molecule has 0 spiro atoms. The van der Waals surface area contributed by atoms with Crippen LogP contribution in [-0.4, -0.2) is 62.8 Å². The van der Waals surface area contributed by atoms with Gasteiger partial charge in [-0.1, -0.05) is 6.92 Å². The van der Waals surface area contributed by atoms with Crippen molar-refractivity contribution in [2.45, 2.75) is 19.4 Å². The number of epoxide rings is 1. The molecule has 0 aromatic rings. The lowest BCUT2D eigenvalue weighted by molar-refractivity contribution is 0.219. The van der Waals surface area contributed by atoms with Crippen molar-refractivity contribution >= 4 is 0 Å². The Kier molecular flexibility index (Phi) is 4.70. The van der Waals surface area contributed by atoms with E-state index in [0.717, 1.165) is 19.7 Å². The topological polar surface area (TPSA) is 19.0 Å². The van der Waals surface area contributed by atoms with Crippen molar-refractivity contribution in [3.05, 3.63) is 0 Å². The van der Waals surface area contributed by atoms with Crippen LogP contribution < -0.4 is 0 Å². The van der Waals surface area contributed by atoms with Crippen molar-refractivity contribution in [2.75, 3.05) is 46.9 Å². The summed E-state index contributed by atoms with van der Waals surface area (Å²) in [6.07, 6.45) is 1.77. The molecule has 1 atom stereocenters. The second kappa shape index (κ2) is 5.58. The van der Waals surface area contributed by atoms with E-state index in [0.29, 0.717) is 6.10 Å². The summed E-state index contributed by atoms with van der Waals surface area (Å²) in [5.74, 6) is 0. The first-order chi connectivity index (χ1) is 6.22. The Hall–Kier alpha value is -0.120. The first-order valence-corrected chi connectivity index (χ1v) is 5.21. The van der Waals surface area contributed by atoms with E-state index in [2.05, 4.69) is 30.8 Å². The molecule has 13 heavy (non-hydrogen) atoms. The summed E-state index contributed by atoms with van der Waals surface area (Å²) >= 11 is 0. The molecule has 3 nitrogen and oxygen atoms in total. The molecule has 1 aliphatic rings. The highest BCUT2D eigenvalue weighted by atomic mass is 16.6. The molecule has 0 N–H and O–H groups in total. The van der Waals surface area contributed by atoms with Crippen molar-refractivity contribution in [3.8, 4) is 0 Å². The normalized spacial score (nSPS) is 21.5. The second-order valence-electron chi connectivity index (χ2n) is 4.06. The van der Waals surface area contributed by atoms with Gasteiger partial charge in [0.15, 0.2) is 0 Å². The van der Waals surface area contributed by atoms with E-state index < -0.39 is 0 Å². The van der Waals surface area contributed by atoms with Crippen LogP contribution in [0, 0.1) is 0 Å². The lowest BCUT2D eigenvalue weighted by Gasteiger charge is -2.22. The summed E-state index contributed by atoms with van der Waals surface area (Å²) in [5.41, 5.74) is 0. The molecule has 78 valence electrons. The quantitative estimate of drug-likeness (QED) is 0.544. The summed E-state index contributed by atoms with van der Waals surface area (Å²) < 4.78 is 5.24. The summed E-state index contributed by atoms with van der Waals surface area (Å²) in [6.45, 7) is 7.85. The van der Waals surface area contributed by atoms with E-state index >= 15 is 0 Å². The zero-order valence-corrected chi connectivity index (χ0v) is 9.12. The van der Waals surface area contributed by atoms with E-state index in [1.807, 2.05) is 0 Å². The fourth-order valence-corrected chi connectivity index (χ4v) is 1.41. The van der Waals surface area contributed by atoms with Gasteiger partial charge in [0.2, 0.25) is 0 Å². The van der Waals surface area contributed by atoms with Crippen molar-refractivity contribution in [2.24, 2.45) is 0 Å². The molecule has 1 fully saturated rings. The Morgan fingerprint density at radius 3 is 2.38 bits per heavy atom. The highest BCUT2D eigenvalue weighted by Crippen LogP contribution is 2.10. The molecule has 0 aromatic heterocycles. The Bertz CT molecular complexity index is 135. The molecule has 0 bridgehead atoms. The van der Waals surface area contributed by atoms with Crippen LogP contribution in [0.1, 0.15) is 13.3 Å². The number of rotatable bonds is 7. The van der Waals surface area contributed by atoms with Gasteiger partial charge in [-0.3, -0.25) is 4.90 Å². The molecule has 0 saturated carbocycles. The maximum Gasteiger partial charge on any atom is 0.0936 e. The largest absolute Gasteiger partial charge is 0.372 e. The molecular weight excluding hydrogens is 164 g/mol. The van der Waals surface area contributed by atoms with Gasteiger partial charge in [-0.25, -0.2) is 0 Å². The molecule has 1 rings (SSSR count). The fourth-order valence-electron chi connectivity index (χ4n) is 1.41. The summed E-state index contributed by atoms with van der Waals surface area (Å²) in [7, 11) is 4.25. The average Bonchev–Trinajstić information content (AvgIpc) is 2.84. The van der Waals surface area contributed by atoms with Crippen molar-refractivity contribution in [1.29, 1.82) is 0 Å². The van der Waals surface area contributed by atoms with Gasteiger partial charge in [-0.2, -0.15) is 0 Å². The molecule has 1 heterocycles. The van der Waals surface area contributed by atoms with Crippen LogP contribution in [0.5, 0.6) is 0 Å². The van der Waals surface area contributed by atoms with Crippen molar-refractivity contribution in [1.82, 2.24) is 9.80 Å². The van der Waals surface area contributed by atoms with Gasteiger partial charge < -0.3 is 9.64 Å². The molecule has 1 aliphatic heterocycles. The van der Waals surface area contributed by atoms with Gasteiger partial charge in [-0.15, -0.1) is 0 Å². The molecule has 0 aromatic carbocycles. The number of likely N-dealkylation sites (N-methyl/N-ethyl adjacent to an activating group) is 1. The predicted molar refractivity (Wildman–Crippen MR) is 55.0 cm³/mol. The molecule has 1 unspecified atom stereocenters. The van der Waals surface area contributed by atoms with Gasteiger partial charge in [0.25, 0.3) is 0 Å². The molecule has 1 saturated heterocycles. The zero-order valence-electron chi connectivity index (χ0n) is 9.12. The number of ether oxygens (including phenoxy) is 1. The van der Waals surface area contributed by atoms with Gasteiger partial charge in [0.1, 0.15) is 0 Å². The Morgan fingerprint density at radius 2 is 1.92 bits per heavy atom. The van der Waals surface area contributed by atoms with E-state index in [4.69, 9.17) is 4.74 Å². The van der Waals surface area contributed by atoms with Crippen molar-refractivity contribution in [3.63, 3.8) is 0 Å². The lowest BCUT2D eigenvalue weighted by Crippen LogP contribution is -2.35. The third-order valence-corrected chi connectivity index (χ3v) is 2.27. The van der Waals surface area contributed by atoms with Crippen molar-refractivity contribution < 1.29 is 4.74 Å². The zero-order chi connectivity index (χ0) is 9.68. The molecule has 0 amide bonds. The van der Waals surface area contributed by atoms with E-state index in [-0.39, 0.29) is 0 Å². The maximum atomic E-state index is 5.24. The molecule has 0 aliphatic carbocycles. The van der Waals surface area contributed by atoms with E-state index in [9.17, 15) is 0 Å². The first-order valence-electron chi connectivity index (χ1n) is 5.21. The smallest absolute Gasteiger partial charge is 0.0936 e. The minimum atomic E-state index is 0.536. The van der Waals surface area contributed by atoms with E-state index in [1.54, 1.807) is 0 Å². The molecule has 3 heteroatoms. The summed E-state index contributed by atoms with van der Waals surface area (Å²) in [6, 6.07) is 0. The van der Waals surface area contributed by atoms with E-state index in [1.165, 1.54) is 19.5 Å². The number of hydrogen-bond acceptors (Lipinski definition) is 3. The van der Waals surface area contributed by atoms with Crippen LogP contribution in [0.4, 0.5) is 0 Å². The van der Waals surface area contributed by atoms with Crippen LogP contribution in [0.2, 0.25) is 0 Å². The average molecular weight is 186 g/mol. The summed E-state index contributed by atoms with van der Waals surface area (Å²) in [5, 5.41) is 0. The van der Waals surface area contributed by atoms with Gasteiger partial charge in [-0.05, 0) is 27.1 Å². The van der Waals surface area contributed by atoms with Crippen LogP contribution in [0.25, 0.3) is 0 Å². The first kappa shape index (κ1) is 11.0. The number of hydrogen-bond donors (Lipinski definition) is 0. The molecule has 0 radical (unpaired) electrons. The third-order valence-electron chi connectivity index (χ3n) is 2.27. The van der Waals surface area contributed by atoms with Gasteiger partial charge in [0, 0.05) is 19.6 Å². The van der Waals surface area contributed by atoms with Crippen LogP contribution in [-0.2, 0) is 4.74 Å². The number of nitrogens with zero attached hydrogens (tertiary/aromatic N) is 2. The Balaban J connectivity index is 2.11. The third kappa shape index (κ3) is 5.24. The SMILES string of the molecule is CCCN(CCN(C)C)CC1CO1. The minimum Gasteiger partial charge on any atom is -0.372 e. The predicted octanol–water partition coefficient (Wildman–Crippen LogP) is 0.659. The Morgan fingerprint density at radius 1 is 1.23 bits per heavy atom. The molecular formula is C10H22N2O. The fraction of sp³-hybridized carbons (Fsp3) is 1.00.